The standard InChI is InChI=1S/C18H18ClN3S/c1-12-6-8-22(9-7-12)17-16-15(10-23-18(16)21-11-20-17)13-2-4-14(19)5-3-13/h2-5,10-12H,6-9H2,1H3. The Labute approximate surface area is 144 Å². The van der Waals surface area contributed by atoms with Gasteiger partial charge in [-0.1, -0.05) is 30.7 Å². The van der Waals surface area contributed by atoms with Crippen LogP contribution in [0.3, 0.4) is 0 Å². The molecule has 1 aliphatic heterocycles. The predicted octanol–water partition coefficient (Wildman–Crippen LogP) is 5.25. The molecule has 1 fully saturated rings. The van der Waals surface area contributed by atoms with E-state index in [4.69, 9.17) is 11.6 Å². The Balaban J connectivity index is 1.82. The molecular formula is C18H18ClN3S. The summed E-state index contributed by atoms with van der Waals surface area (Å²) in [5.41, 5.74) is 2.37. The van der Waals surface area contributed by atoms with Crippen LogP contribution in [0.25, 0.3) is 21.3 Å². The van der Waals surface area contributed by atoms with E-state index in [2.05, 4.69) is 39.3 Å². The lowest BCUT2D eigenvalue weighted by Crippen LogP contribution is -2.33. The number of nitrogens with zero attached hydrogens (tertiary/aromatic N) is 3. The quantitative estimate of drug-likeness (QED) is 0.636. The Hall–Kier alpha value is -1.65. The molecule has 0 saturated carbocycles. The first kappa shape index (κ1) is 14.9. The molecule has 0 spiro atoms. The fourth-order valence-corrected chi connectivity index (χ4v) is 4.20. The molecular weight excluding hydrogens is 326 g/mol. The maximum absolute atomic E-state index is 6.03. The molecule has 0 unspecified atom stereocenters. The van der Waals surface area contributed by atoms with Crippen LogP contribution in [0, 0.1) is 5.92 Å². The highest BCUT2D eigenvalue weighted by Crippen LogP contribution is 2.39. The van der Waals surface area contributed by atoms with Gasteiger partial charge in [-0.2, -0.15) is 0 Å². The van der Waals surface area contributed by atoms with Gasteiger partial charge < -0.3 is 4.90 Å². The van der Waals surface area contributed by atoms with Crippen LogP contribution < -0.4 is 4.90 Å². The molecule has 118 valence electrons. The monoisotopic (exact) mass is 343 g/mol. The molecule has 0 aliphatic carbocycles. The van der Waals surface area contributed by atoms with Crippen molar-refractivity contribution in [3.8, 4) is 11.1 Å². The van der Waals surface area contributed by atoms with Crippen molar-refractivity contribution in [1.29, 1.82) is 0 Å². The van der Waals surface area contributed by atoms with Gasteiger partial charge in [-0.3, -0.25) is 0 Å². The predicted molar refractivity (Wildman–Crippen MR) is 98.5 cm³/mol. The lowest BCUT2D eigenvalue weighted by Gasteiger charge is -2.31. The summed E-state index contributed by atoms with van der Waals surface area (Å²) in [7, 11) is 0. The van der Waals surface area contributed by atoms with Gasteiger partial charge in [-0.15, -0.1) is 11.3 Å². The van der Waals surface area contributed by atoms with Gasteiger partial charge >= 0.3 is 0 Å². The lowest BCUT2D eigenvalue weighted by atomic mass is 9.98. The highest BCUT2D eigenvalue weighted by molar-refractivity contribution is 7.17. The molecule has 0 atom stereocenters. The molecule has 3 aromatic rings. The first-order chi connectivity index (χ1) is 11.2. The van der Waals surface area contributed by atoms with Crippen molar-refractivity contribution < 1.29 is 0 Å². The largest absolute Gasteiger partial charge is 0.356 e. The second-order valence-electron chi connectivity index (χ2n) is 6.20. The SMILES string of the molecule is CC1CCN(c2ncnc3scc(-c4ccc(Cl)cc4)c23)CC1. The summed E-state index contributed by atoms with van der Waals surface area (Å²) < 4.78 is 0. The number of hydrogen-bond donors (Lipinski definition) is 0. The third-order valence-electron chi connectivity index (χ3n) is 4.59. The molecule has 2 aromatic heterocycles. The zero-order valence-electron chi connectivity index (χ0n) is 13.0. The molecule has 0 N–H and O–H groups in total. The minimum Gasteiger partial charge on any atom is -0.356 e. The van der Waals surface area contributed by atoms with Crippen molar-refractivity contribution >= 4 is 39.0 Å². The van der Waals surface area contributed by atoms with E-state index in [-0.39, 0.29) is 0 Å². The number of benzene rings is 1. The van der Waals surface area contributed by atoms with E-state index in [1.165, 1.54) is 29.4 Å². The summed E-state index contributed by atoms with van der Waals surface area (Å²) in [6.07, 6.45) is 4.15. The summed E-state index contributed by atoms with van der Waals surface area (Å²) in [6, 6.07) is 8.01. The van der Waals surface area contributed by atoms with Gasteiger partial charge in [0.25, 0.3) is 0 Å². The molecule has 4 rings (SSSR count). The van der Waals surface area contributed by atoms with Gasteiger partial charge in [-0.05, 0) is 36.5 Å². The minimum absolute atomic E-state index is 0.759. The third kappa shape index (κ3) is 2.81. The average Bonchev–Trinajstić information content (AvgIpc) is 3.00. The van der Waals surface area contributed by atoms with Crippen LogP contribution in [0.4, 0.5) is 5.82 Å². The van der Waals surface area contributed by atoms with Crippen LogP contribution in [0.1, 0.15) is 19.8 Å². The maximum Gasteiger partial charge on any atom is 0.141 e. The van der Waals surface area contributed by atoms with Crippen molar-refractivity contribution in [3.63, 3.8) is 0 Å². The number of hydrogen-bond acceptors (Lipinski definition) is 4. The summed E-state index contributed by atoms with van der Waals surface area (Å²) in [6.45, 7) is 4.48. The van der Waals surface area contributed by atoms with E-state index < -0.39 is 0 Å². The molecule has 3 nitrogen and oxygen atoms in total. The summed E-state index contributed by atoms with van der Waals surface area (Å²) in [4.78, 5) is 12.6. The van der Waals surface area contributed by atoms with E-state index in [0.717, 1.165) is 34.7 Å². The normalized spacial score (nSPS) is 16.2. The summed E-state index contributed by atoms with van der Waals surface area (Å²) >= 11 is 7.71. The molecule has 0 amide bonds. The van der Waals surface area contributed by atoms with Crippen molar-refractivity contribution in [2.24, 2.45) is 5.92 Å². The van der Waals surface area contributed by atoms with Crippen molar-refractivity contribution in [2.75, 3.05) is 18.0 Å². The second kappa shape index (κ2) is 6.10. The highest BCUT2D eigenvalue weighted by atomic mass is 35.5. The van der Waals surface area contributed by atoms with Crippen LogP contribution in [0.2, 0.25) is 5.02 Å². The maximum atomic E-state index is 6.03. The van der Waals surface area contributed by atoms with Crippen molar-refractivity contribution in [3.05, 3.63) is 41.0 Å². The Morgan fingerprint density at radius 2 is 1.87 bits per heavy atom. The molecule has 0 radical (unpaired) electrons. The molecule has 3 heterocycles. The zero-order chi connectivity index (χ0) is 15.8. The number of rotatable bonds is 2. The third-order valence-corrected chi connectivity index (χ3v) is 5.73. The summed E-state index contributed by atoms with van der Waals surface area (Å²) in [5.74, 6) is 1.88. The summed E-state index contributed by atoms with van der Waals surface area (Å²) in [5, 5.41) is 4.11. The number of piperidine rings is 1. The zero-order valence-corrected chi connectivity index (χ0v) is 14.6. The lowest BCUT2D eigenvalue weighted by molar-refractivity contribution is 0.437. The Kier molecular flexibility index (Phi) is 3.95. The number of fused-ring (bicyclic) bond motifs is 1. The molecule has 23 heavy (non-hydrogen) atoms. The van der Waals surface area contributed by atoms with Gasteiger partial charge in [0, 0.05) is 29.1 Å². The van der Waals surface area contributed by atoms with Gasteiger partial charge in [0.1, 0.15) is 17.0 Å². The Bertz CT molecular complexity index is 820. The van der Waals surface area contributed by atoms with Crippen LogP contribution in [-0.2, 0) is 0 Å². The smallest absolute Gasteiger partial charge is 0.141 e. The van der Waals surface area contributed by atoms with E-state index in [0.29, 0.717) is 0 Å². The van der Waals surface area contributed by atoms with Crippen LogP contribution in [0.5, 0.6) is 0 Å². The van der Waals surface area contributed by atoms with Crippen molar-refractivity contribution in [2.45, 2.75) is 19.8 Å². The Morgan fingerprint density at radius 3 is 2.61 bits per heavy atom. The number of anilines is 1. The molecule has 1 aliphatic rings. The molecule has 5 heteroatoms. The number of thiophene rings is 1. The topological polar surface area (TPSA) is 29.0 Å². The van der Waals surface area contributed by atoms with Crippen LogP contribution in [-0.4, -0.2) is 23.1 Å². The van der Waals surface area contributed by atoms with Gasteiger partial charge in [0.05, 0.1) is 5.39 Å². The molecule has 0 bridgehead atoms. The average molecular weight is 344 g/mol. The van der Waals surface area contributed by atoms with E-state index in [9.17, 15) is 0 Å². The van der Waals surface area contributed by atoms with Crippen molar-refractivity contribution in [1.82, 2.24) is 9.97 Å². The first-order valence-corrected chi connectivity index (χ1v) is 9.21. The second-order valence-corrected chi connectivity index (χ2v) is 7.50. The highest BCUT2D eigenvalue weighted by Gasteiger charge is 2.21. The van der Waals surface area contributed by atoms with Gasteiger partial charge in [0.2, 0.25) is 0 Å². The van der Waals surface area contributed by atoms with E-state index in [1.54, 1.807) is 17.7 Å². The van der Waals surface area contributed by atoms with Crippen LogP contribution in [0.15, 0.2) is 36.0 Å². The van der Waals surface area contributed by atoms with Crippen LogP contribution >= 0.6 is 22.9 Å². The van der Waals surface area contributed by atoms with E-state index >= 15 is 0 Å². The Morgan fingerprint density at radius 1 is 1.13 bits per heavy atom. The molecule has 1 saturated heterocycles. The number of aromatic nitrogens is 2. The van der Waals surface area contributed by atoms with Gasteiger partial charge in [-0.25, -0.2) is 9.97 Å². The van der Waals surface area contributed by atoms with Gasteiger partial charge in [0.15, 0.2) is 0 Å². The minimum atomic E-state index is 0.759. The fraction of sp³-hybridized carbons (Fsp3) is 0.333. The van der Waals surface area contributed by atoms with E-state index in [1.807, 2.05) is 12.1 Å². The first-order valence-electron chi connectivity index (χ1n) is 7.95. The number of halogens is 1. The fourth-order valence-electron chi connectivity index (χ4n) is 3.16. The molecule has 1 aromatic carbocycles.